The van der Waals surface area contributed by atoms with Gasteiger partial charge in [-0.25, -0.2) is 4.98 Å². The van der Waals surface area contributed by atoms with Crippen LogP contribution in [-0.4, -0.2) is 31.0 Å². The second-order valence-corrected chi connectivity index (χ2v) is 7.40. The van der Waals surface area contributed by atoms with Crippen molar-refractivity contribution in [1.82, 2.24) is 10.3 Å². The normalized spacial score (nSPS) is 11.4. The highest BCUT2D eigenvalue weighted by molar-refractivity contribution is 7.14. The molecule has 1 atom stereocenters. The van der Waals surface area contributed by atoms with Crippen molar-refractivity contribution in [2.45, 2.75) is 19.4 Å². The highest BCUT2D eigenvalue weighted by Gasteiger charge is 2.15. The number of thiazole rings is 1. The van der Waals surface area contributed by atoms with Crippen LogP contribution in [0.5, 0.6) is 11.5 Å². The van der Waals surface area contributed by atoms with Crippen LogP contribution in [0.4, 0.5) is 5.13 Å². The van der Waals surface area contributed by atoms with Crippen LogP contribution in [-0.2, 0) is 11.2 Å². The predicted molar refractivity (Wildman–Crippen MR) is 116 cm³/mol. The Morgan fingerprint density at radius 3 is 2.50 bits per heavy atom. The molecule has 0 unspecified atom stereocenters. The van der Waals surface area contributed by atoms with Crippen LogP contribution in [0.15, 0.2) is 53.9 Å². The zero-order valence-corrected chi connectivity index (χ0v) is 17.8. The van der Waals surface area contributed by atoms with Crippen molar-refractivity contribution in [1.29, 1.82) is 0 Å². The van der Waals surface area contributed by atoms with Gasteiger partial charge in [0, 0.05) is 10.9 Å². The predicted octanol–water partition coefficient (Wildman–Crippen LogP) is 3.83. The van der Waals surface area contributed by atoms with Crippen LogP contribution in [0.3, 0.4) is 0 Å². The number of aromatic nitrogens is 1. The Kier molecular flexibility index (Phi) is 7.03. The van der Waals surface area contributed by atoms with E-state index in [1.165, 1.54) is 25.6 Å². The molecule has 30 heavy (non-hydrogen) atoms. The Balaban J connectivity index is 1.58. The van der Waals surface area contributed by atoms with Gasteiger partial charge in [-0.2, -0.15) is 0 Å². The molecule has 1 heterocycles. The maximum atomic E-state index is 12.5. The first-order valence-electron chi connectivity index (χ1n) is 9.32. The third-order valence-corrected chi connectivity index (χ3v) is 5.24. The van der Waals surface area contributed by atoms with E-state index in [9.17, 15) is 9.59 Å². The van der Waals surface area contributed by atoms with Gasteiger partial charge < -0.3 is 14.8 Å². The summed E-state index contributed by atoms with van der Waals surface area (Å²) in [6.45, 7) is 1.93. The van der Waals surface area contributed by atoms with Crippen LogP contribution >= 0.6 is 11.3 Å². The van der Waals surface area contributed by atoms with Crippen molar-refractivity contribution in [3.8, 4) is 11.5 Å². The zero-order valence-electron chi connectivity index (χ0n) is 17.0. The number of carbonyl (C=O) groups is 2. The van der Waals surface area contributed by atoms with E-state index in [4.69, 9.17) is 9.47 Å². The Hall–Kier alpha value is -3.39. The summed E-state index contributed by atoms with van der Waals surface area (Å²) in [5.41, 5.74) is 2.05. The first-order valence-corrected chi connectivity index (χ1v) is 10.2. The number of carbonyl (C=O) groups excluding carboxylic acids is 2. The first-order chi connectivity index (χ1) is 14.5. The van der Waals surface area contributed by atoms with Gasteiger partial charge in [-0.15, -0.1) is 11.3 Å². The lowest BCUT2D eigenvalue weighted by molar-refractivity contribution is -0.121. The van der Waals surface area contributed by atoms with Crippen molar-refractivity contribution in [3.05, 3.63) is 70.7 Å². The van der Waals surface area contributed by atoms with Gasteiger partial charge in [0.05, 0.1) is 32.4 Å². The van der Waals surface area contributed by atoms with E-state index in [0.29, 0.717) is 27.9 Å². The van der Waals surface area contributed by atoms with Crippen LogP contribution in [0.1, 0.15) is 34.6 Å². The summed E-state index contributed by atoms with van der Waals surface area (Å²) >= 11 is 1.27. The molecular weight excluding hydrogens is 402 g/mol. The zero-order chi connectivity index (χ0) is 21.5. The molecule has 2 aromatic carbocycles. The minimum absolute atomic E-state index is 0.0958. The maximum absolute atomic E-state index is 12.5. The van der Waals surface area contributed by atoms with Crippen LogP contribution in [0.25, 0.3) is 0 Å². The number of amides is 2. The topological polar surface area (TPSA) is 89.5 Å². The average Bonchev–Trinajstić information content (AvgIpc) is 3.20. The monoisotopic (exact) mass is 425 g/mol. The lowest BCUT2D eigenvalue weighted by atomic mass is 10.1. The summed E-state index contributed by atoms with van der Waals surface area (Å²) in [6.07, 6.45) is 0.139. The standard InChI is InChI=1S/C22H23N3O4S/c1-14(15-7-5-4-6-8-15)23-20(26)12-17-13-30-22(24-17)25-21(27)16-9-10-18(28-2)19(11-16)29-3/h4-11,13-14H,12H2,1-3H3,(H,23,26)(H,24,25,27)/t14-/m1/s1. The fourth-order valence-electron chi connectivity index (χ4n) is 2.87. The highest BCUT2D eigenvalue weighted by Crippen LogP contribution is 2.28. The van der Waals surface area contributed by atoms with E-state index in [1.807, 2.05) is 37.3 Å². The first kappa shape index (κ1) is 21.3. The number of benzene rings is 2. The molecule has 0 aliphatic heterocycles. The number of hydrogen-bond acceptors (Lipinski definition) is 6. The Morgan fingerprint density at radius 1 is 1.07 bits per heavy atom. The van der Waals surface area contributed by atoms with Gasteiger partial charge in [0.1, 0.15) is 0 Å². The van der Waals surface area contributed by atoms with E-state index in [0.717, 1.165) is 5.56 Å². The summed E-state index contributed by atoms with van der Waals surface area (Å²) in [7, 11) is 3.04. The quantitative estimate of drug-likeness (QED) is 0.572. The Morgan fingerprint density at radius 2 is 1.80 bits per heavy atom. The molecular formula is C22H23N3O4S. The smallest absolute Gasteiger partial charge is 0.257 e. The van der Waals surface area contributed by atoms with Gasteiger partial charge in [0.25, 0.3) is 5.91 Å². The average molecular weight is 426 g/mol. The molecule has 0 radical (unpaired) electrons. The highest BCUT2D eigenvalue weighted by atomic mass is 32.1. The number of anilines is 1. The SMILES string of the molecule is COc1ccc(C(=O)Nc2nc(CC(=O)N[C@H](C)c3ccccc3)cs2)cc1OC. The summed E-state index contributed by atoms with van der Waals surface area (Å²) < 4.78 is 10.4. The number of nitrogens with one attached hydrogen (secondary N) is 2. The summed E-state index contributed by atoms with van der Waals surface area (Å²) in [4.78, 5) is 29.2. The van der Waals surface area contributed by atoms with E-state index in [1.54, 1.807) is 23.6 Å². The molecule has 0 saturated carbocycles. The molecule has 0 fully saturated rings. The molecule has 7 nitrogen and oxygen atoms in total. The van der Waals surface area contributed by atoms with Crippen LogP contribution in [0, 0.1) is 0 Å². The molecule has 8 heteroatoms. The van der Waals surface area contributed by atoms with Crippen molar-refractivity contribution in [2.75, 3.05) is 19.5 Å². The lowest BCUT2D eigenvalue weighted by Crippen LogP contribution is -2.28. The minimum Gasteiger partial charge on any atom is -0.493 e. The third kappa shape index (κ3) is 5.36. The Labute approximate surface area is 179 Å². The molecule has 0 aliphatic rings. The van der Waals surface area contributed by atoms with Gasteiger partial charge in [0.2, 0.25) is 5.91 Å². The van der Waals surface area contributed by atoms with Gasteiger partial charge >= 0.3 is 0 Å². The van der Waals surface area contributed by atoms with Gasteiger partial charge in [-0.1, -0.05) is 30.3 Å². The lowest BCUT2D eigenvalue weighted by Gasteiger charge is -2.13. The fraction of sp³-hybridized carbons (Fsp3) is 0.227. The van der Waals surface area contributed by atoms with E-state index in [2.05, 4.69) is 15.6 Å². The van der Waals surface area contributed by atoms with Gasteiger partial charge in [-0.05, 0) is 30.7 Å². The number of ether oxygens (including phenoxy) is 2. The van der Waals surface area contributed by atoms with Crippen molar-refractivity contribution in [3.63, 3.8) is 0 Å². The maximum Gasteiger partial charge on any atom is 0.257 e. The molecule has 0 aliphatic carbocycles. The number of rotatable bonds is 8. The summed E-state index contributed by atoms with van der Waals surface area (Å²) in [5, 5.41) is 7.89. The molecule has 0 bridgehead atoms. The minimum atomic E-state index is -0.320. The second kappa shape index (κ2) is 9.89. The number of hydrogen-bond donors (Lipinski definition) is 2. The van der Waals surface area contributed by atoms with Crippen molar-refractivity contribution >= 4 is 28.3 Å². The summed E-state index contributed by atoms with van der Waals surface area (Å²) in [5.74, 6) is 0.559. The number of methoxy groups -OCH3 is 2. The fourth-order valence-corrected chi connectivity index (χ4v) is 3.58. The van der Waals surface area contributed by atoms with E-state index >= 15 is 0 Å². The molecule has 156 valence electrons. The van der Waals surface area contributed by atoms with Crippen LogP contribution < -0.4 is 20.1 Å². The molecule has 1 aromatic heterocycles. The molecule has 2 N–H and O–H groups in total. The van der Waals surface area contributed by atoms with Crippen LogP contribution in [0.2, 0.25) is 0 Å². The van der Waals surface area contributed by atoms with E-state index < -0.39 is 0 Å². The largest absolute Gasteiger partial charge is 0.493 e. The second-order valence-electron chi connectivity index (χ2n) is 6.54. The molecule has 0 spiro atoms. The van der Waals surface area contributed by atoms with Crippen molar-refractivity contribution in [2.24, 2.45) is 0 Å². The molecule has 3 rings (SSSR count). The Bertz CT molecular complexity index is 1020. The van der Waals surface area contributed by atoms with Gasteiger partial charge in [-0.3, -0.25) is 14.9 Å². The van der Waals surface area contributed by atoms with Crippen molar-refractivity contribution < 1.29 is 19.1 Å². The number of nitrogens with zero attached hydrogens (tertiary/aromatic N) is 1. The molecule has 2 amide bonds. The third-order valence-electron chi connectivity index (χ3n) is 4.44. The summed E-state index contributed by atoms with van der Waals surface area (Å²) in [6, 6.07) is 14.6. The van der Waals surface area contributed by atoms with E-state index in [-0.39, 0.29) is 24.3 Å². The van der Waals surface area contributed by atoms with Gasteiger partial charge in [0.15, 0.2) is 16.6 Å². The molecule has 0 saturated heterocycles. The molecule has 3 aromatic rings.